The molecule has 0 aliphatic heterocycles. The fourth-order valence-electron chi connectivity index (χ4n) is 0.388. The smallest absolute Gasteiger partial charge is 0.280 e. The quantitative estimate of drug-likeness (QED) is 0.319. The van der Waals surface area contributed by atoms with E-state index in [9.17, 15) is 4.79 Å². The fourth-order valence-corrected chi connectivity index (χ4v) is 0.658. The maximum atomic E-state index is 10.2. The molecule has 0 aliphatic rings. The molecule has 60 valence electrons. The van der Waals surface area contributed by atoms with Gasteiger partial charge >= 0.3 is 0 Å². The van der Waals surface area contributed by atoms with Crippen LogP contribution in [0.4, 0.5) is 4.79 Å². The molecule has 0 spiro atoms. The fraction of sp³-hybridized carbons (Fsp3) is 0.800. The zero-order valence-corrected chi connectivity index (χ0v) is 7.63. The van der Waals surface area contributed by atoms with Crippen LogP contribution in [0.3, 0.4) is 0 Å². The number of amides is 1. The third-order valence-corrected chi connectivity index (χ3v) is 1.13. The molecule has 2 N–H and O–H groups in total. The number of carbonyl (C=O) groups excluding carboxylic acids is 1. The van der Waals surface area contributed by atoms with Crippen molar-refractivity contribution < 1.29 is 14.6 Å². The molecule has 1 amide bonds. The number of hydrogen-bond acceptors (Lipinski definition) is 3. The number of nitrogens with one attached hydrogen (secondary N) is 1. The Balaban J connectivity index is 2.84. The average molecular weight is 259 g/mol. The standard InChI is InChI=1S/C5H10INO3/c6-5(9)7-1-3-10-4-2-8/h8H,1-4H2,(H,7,9). The molecule has 0 bridgehead atoms. The summed E-state index contributed by atoms with van der Waals surface area (Å²) in [6, 6.07) is 0. The van der Waals surface area contributed by atoms with Gasteiger partial charge in [-0.1, -0.05) is 0 Å². The summed E-state index contributed by atoms with van der Waals surface area (Å²) < 4.78 is 4.77. The molecule has 10 heavy (non-hydrogen) atoms. The SMILES string of the molecule is O=C(I)NCCOCCO. The van der Waals surface area contributed by atoms with E-state index in [1.807, 2.05) is 0 Å². The molecular formula is C5H10INO3. The van der Waals surface area contributed by atoms with Gasteiger partial charge in [0.25, 0.3) is 3.91 Å². The van der Waals surface area contributed by atoms with Crippen LogP contribution in [0.5, 0.6) is 0 Å². The summed E-state index contributed by atoms with van der Waals surface area (Å²) in [5, 5.41) is 10.8. The summed E-state index contributed by atoms with van der Waals surface area (Å²) in [5.74, 6) is 0. The number of carbonyl (C=O) groups is 1. The summed E-state index contributed by atoms with van der Waals surface area (Å²) in [4.78, 5) is 10.2. The molecule has 0 aromatic heterocycles. The molecule has 0 heterocycles. The first-order chi connectivity index (χ1) is 4.77. The number of aliphatic hydroxyl groups excluding tert-OH is 1. The van der Waals surface area contributed by atoms with E-state index >= 15 is 0 Å². The van der Waals surface area contributed by atoms with Crippen molar-refractivity contribution in [3.63, 3.8) is 0 Å². The van der Waals surface area contributed by atoms with Crippen molar-refractivity contribution >= 4 is 26.5 Å². The molecule has 0 aromatic carbocycles. The van der Waals surface area contributed by atoms with Crippen LogP contribution >= 0.6 is 22.6 Å². The van der Waals surface area contributed by atoms with Gasteiger partial charge in [-0.05, 0) is 0 Å². The first kappa shape index (κ1) is 10.1. The predicted octanol–water partition coefficient (Wildman–Crippen LogP) is 0.140. The monoisotopic (exact) mass is 259 g/mol. The molecule has 0 aromatic rings. The van der Waals surface area contributed by atoms with Crippen molar-refractivity contribution in [2.24, 2.45) is 0 Å². The minimum absolute atomic E-state index is 0.0260. The Morgan fingerprint density at radius 3 is 2.80 bits per heavy atom. The number of halogens is 1. The summed E-state index contributed by atoms with van der Waals surface area (Å²) in [6.07, 6.45) is 0. The number of hydrogen-bond donors (Lipinski definition) is 2. The Morgan fingerprint density at radius 1 is 1.60 bits per heavy atom. The van der Waals surface area contributed by atoms with Crippen LogP contribution in [0.2, 0.25) is 0 Å². The van der Waals surface area contributed by atoms with Gasteiger partial charge in [0.1, 0.15) is 0 Å². The van der Waals surface area contributed by atoms with Crippen molar-refractivity contribution in [2.75, 3.05) is 26.4 Å². The lowest BCUT2D eigenvalue weighted by molar-refractivity contribution is 0.0952. The van der Waals surface area contributed by atoms with Crippen molar-refractivity contribution in [1.29, 1.82) is 0 Å². The molecule has 5 heteroatoms. The Bertz CT molecular complexity index is 98.9. The third-order valence-electron chi connectivity index (χ3n) is 0.746. The normalized spacial score (nSPS) is 9.40. The van der Waals surface area contributed by atoms with Gasteiger partial charge in [0.15, 0.2) is 0 Å². The van der Waals surface area contributed by atoms with Crippen LogP contribution in [0.1, 0.15) is 0 Å². The average Bonchev–Trinajstić information content (AvgIpc) is 1.87. The van der Waals surface area contributed by atoms with E-state index in [0.717, 1.165) is 0 Å². The molecule has 0 unspecified atom stereocenters. The molecule has 0 radical (unpaired) electrons. The van der Waals surface area contributed by atoms with Gasteiger partial charge in [-0.15, -0.1) is 0 Å². The van der Waals surface area contributed by atoms with E-state index in [4.69, 9.17) is 9.84 Å². The van der Waals surface area contributed by atoms with Crippen molar-refractivity contribution in [3.05, 3.63) is 0 Å². The van der Waals surface area contributed by atoms with E-state index in [1.165, 1.54) is 0 Å². The van der Waals surface area contributed by atoms with Gasteiger partial charge in [-0.3, -0.25) is 4.79 Å². The minimum atomic E-state index is -0.0924. The van der Waals surface area contributed by atoms with Crippen molar-refractivity contribution in [1.82, 2.24) is 5.32 Å². The predicted molar refractivity (Wildman–Crippen MR) is 45.3 cm³/mol. The van der Waals surface area contributed by atoms with Crippen LogP contribution in [-0.4, -0.2) is 35.4 Å². The summed E-state index contributed by atoms with van der Waals surface area (Å²) in [7, 11) is 0. The van der Waals surface area contributed by atoms with Gasteiger partial charge in [0.05, 0.1) is 19.8 Å². The Hall–Kier alpha value is 0.120. The van der Waals surface area contributed by atoms with Crippen molar-refractivity contribution in [2.45, 2.75) is 0 Å². The molecular weight excluding hydrogens is 249 g/mol. The largest absolute Gasteiger partial charge is 0.394 e. The van der Waals surface area contributed by atoms with Crippen LogP contribution in [-0.2, 0) is 4.74 Å². The van der Waals surface area contributed by atoms with Gasteiger partial charge in [-0.2, -0.15) is 0 Å². The maximum absolute atomic E-state index is 10.2. The van der Waals surface area contributed by atoms with Crippen LogP contribution in [0.25, 0.3) is 0 Å². The molecule has 0 saturated carbocycles. The van der Waals surface area contributed by atoms with Gasteiger partial charge in [-0.25, -0.2) is 0 Å². The molecule has 0 fully saturated rings. The summed E-state index contributed by atoms with van der Waals surface area (Å²) >= 11 is 1.65. The molecule has 0 saturated heterocycles. The summed E-state index contributed by atoms with van der Waals surface area (Å²) in [5.41, 5.74) is 0. The third kappa shape index (κ3) is 8.12. The second kappa shape index (κ2) is 7.23. The Labute approximate surface area is 73.1 Å². The van der Waals surface area contributed by atoms with Crippen LogP contribution in [0.15, 0.2) is 0 Å². The maximum Gasteiger partial charge on any atom is 0.280 e. The van der Waals surface area contributed by atoms with E-state index in [-0.39, 0.29) is 10.5 Å². The number of ether oxygens (including phenoxy) is 1. The molecule has 0 atom stereocenters. The number of aliphatic hydroxyl groups is 1. The molecule has 0 aliphatic carbocycles. The second-order valence-electron chi connectivity index (χ2n) is 1.54. The summed E-state index contributed by atoms with van der Waals surface area (Å²) in [6.45, 7) is 1.31. The zero-order valence-electron chi connectivity index (χ0n) is 5.47. The van der Waals surface area contributed by atoms with Gasteiger partial charge in [0, 0.05) is 29.1 Å². The molecule has 4 nitrogen and oxygen atoms in total. The topological polar surface area (TPSA) is 58.6 Å². The first-order valence-electron chi connectivity index (χ1n) is 2.89. The van der Waals surface area contributed by atoms with E-state index in [1.54, 1.807) is 22.6 Å². The molecule has 0 rings (SSSR count). The zero-order chi connectivity index (χ0) is 7.82. The Kier molecular flexibility index (Phi) is 7.32. The lowest BCUT2D eigenvalue weighted by Crippen LogP contribution is -2.21. The van der Waals surface area contributed by atoms with Crippen molar-refractivity contribution in [3.8, 4) is 0 Å². The highest BCUT2D eigenvalue weighted by molar-refractivity contribution is 14.1. The van der Waals surface area contributed by atoms with Crippen LogP contribution in [0, 0.1) is 0 Å². The highest BCUT2D eigenvalue weighted by Crippen LogP contribution is 1.81. The van der Waals surface area contributed by atoms with Crippen LogP contribution < -0.4 is 5.32 Å². The first-order valence-corrected chi connectivity index (χ1v) is 3.97. The van der Waals surface area contributed by atoms with E-state index in [2.05, 4.69) is 5.32 Å². The van der Waals surface area contributed by atoms with Gasteiger partial charge in [0.2, 0.25) is 0 Å². The Morgan fingerprint density at radius 2 is 2.30 bits per heavy atom. The lowest BCUT2D eigenvalue weighted by atomic mass is 10.7. The minimum Gasteiger partial charge on any atom is -0.394 e. The number of rotatable bonds is 5. The second-order valence-corrected chi connectivity index (χ2v) is 2.52. The van der Waals surface area contributed by atoms with E-state index < -0.39 is 0 Å². The van der Waals surface area contributed by atoms with E-state index in [0.29, 0.717) is 19.8 Å². The van der Waals surface area contributed by atoms with Gasteiger partial charge < -0.3 is 15.2 Å². The highest BCUT2D eigenvalue weighted by atomic mass is 127. The lowest BCUT2D eigenvalue weighted by Gasteiger charge is -2.00. The highest BCUT2D eigenvalue weighted by Gasteiger charge is 1.90.